The minimum atomic E-state index is -0.222. The van der Waals surface area contributed by atoms with Gasteiger partial charge >= 0.3 is 6.03 Å². The molecule has 1 atom stereocenters. The highest BCUT2D eigenvalue weighted by atomic mass is 16.2. The quantitative estimate of drug-likeness (QED) is 0.898. The van der Waals surface area contributed by atoms with Gasteiger partial charge in [0.15, 0.2) is 5.82 Å². The Balaban J connectivity index is 1.95. The molecule has 0 aliphatic carbocycles. The van der Waals surface area contributed by atoms with Gasteiger partial charge in [-0.3, -0.25) is 0 Å². The highest BCUT2D eigenvalue weighted by Crippen LogP contribution is 2.09. The van der Waals surface area contributed by atoms with Crippen LogP contribution in [0, 0.1) is 5.92 Å². The van der Waals surface area contributed by atoms with Crippen molar-refractivity contribution in [1.29, 1.82) is 0 Å². The van der Waals surface area contributed by atoms with Gasteiger partial charge < -0.3 is 10.6 Å². The molecule has 2 rings (SSSR count). The summed E-state index contributed by atoms with van der Waals surface area (Å²) < 4.78 is 1.66. The molecule has 2 aromatic rings. The summed E-state index contributed by atoms with van der Waals surface area (Å²) in [5.74, 6) is 1.09. The van der Waals surface area contributed by atoms with Crippen molar-refractivity contribution in [2.24, 2.45) is 5.92 Å². The van der Waals surface area contributed by atoms with Crippen LogP contribution in [0.3, 0.4) is 0 Å². The fourth-order valence-corrected chi connectivity index (χ4v) is 1.54. The Labute approximate surface area is 118 Å². The van der Waals surface area contributed by atoms with E-state index in [1.165, 1.54) is 0 Å². The molecular formula is C14H19N5O. The van der Waals surface area contributed by atoms with E-state index in [9.17, 15) is 4.79 Å². The summed E-state index contributed by atoms with van der Waals surface area (Å²) in [7, 11) is 0. The smallest absolute Gasteiger partial charge is 0.319 e. The molecule has 0 radical (unpaired) electrons. The number of carbonyl (C=O) groups excluding carboxylic acids is 1. The van der Waals surface area contributed by atoms with Crippen LogP contribution in [0.1, 0.15) is 20.8 Å². The highest BCUT2D eigenvalue weighted by Gasteiger charge is 2.10. The number of amides is 2. The van der Waals surface area contributed by atoms with Crippen molar-refractivity contribution in [3.05, 3.63) is 36.8 Å². The predicted molar refractivity (Wildman–Crippen MR) is 77.8 cm³/mol. The van der Waals surface area contributed by atoms with E-state index in [0.717, 1.165) is 0 Å². The summed E-state index contributed by atoms with van der Waals surface area (Å²) in [4.78, 5) is 16.0. The molecule has 20 heavy (non-hydrogen) atoms. The van der Waals surface area contributed by atoms with Crippen LogP contribution in [0.2, 0.25) is 0 Å². The third kappa shape index (κ3) is 3.57. The molecule has 1 unspecified atom stereocenters. The number of anilines is 1. The Morgan fingerprint density at radius 1 is 1.30 bits per heavy atom. The van der Waals surface area contributed by atoms with Crippen molar-refractivity contribution in [3.63, 3.8) is 0 Å². The minimum absolute atomic E-state index is 0.117. The Morgan fingerprint density at radius 2 is 2.10 bits per heavy atom. The van der Waals surface area contributed by atoms with E-state index in [2.05, 4.69) is 34.6 Å². The van der Waals surface area contributed by atoms with E-state index < -0.39 is 0 Å². The van der Waals surface area contributed by atoms with Crippen molar-refractivity contribution in [3.8, 4) is 5.82 Å². The maximum Gasteiger partial charge on any atom is 0.319 e. The topological polar surface area (TPSA) is 71.8 Å². The number of urea groups is 1. The average molecular weight is 273 g/mol. The van der Waals surface area contributed by atoms with Gasteiger partial charge in [-0.2, -0.15) is 5.10 Å². The van der Waals surface area contributed by atoms with Gasteiger partial charge in [0.1, 0.15) is 0 Å². The molecule has 2 N–H and O–H groups in total. The Bertz CT molecular complexity index is 547. The monoisotopic (exact) mass is 273 g/mol. The molecule has 0 bridgehead atoms. The molecule has 2 heterocycles. The van der Waals surface area contributed by atoms with Gasteiger partial charge in [-0.05, 0) is 31.0 Å². The first kappa shape index (κ1) is 14.0. The molecule has 0 aromatic carbocycles. The van der Waals surface area contributed by atoms with Crippen molar-refractivity contribution in [2.45, 2.75) is 26.8 Å². The van der Waals surface area contributed by atoms with Crippen molar-refractivity contribution in [1.82, 2.24) is 20.1 Å². The lowest BCUT2D eigenvalue weighted by atomic mass is 10.1. The third-order valence-electron chi connectivity index (χ3n) is 3.10. The van der Waals surface area contributed by atoms with Crippen molar-refractivity contribution in [2.75, 3.05) is 5.32 Å². The normalized spacial score (nSPS) is 12.2. The third-order valence-corrected chi connectivity index (χ3v) is 3.10. The van der Waals surface area contributed by atoms with E-state index in [4.69, 9.17) is 0 Å². The number of hydrogen-bond donors (Lipinski definition) is 2. The summed E-state index contributed by atoms with van der Waals surface area (Å²) >= 11 is 0. The second-order valence-electron chi connectivity index (χ2n) is 4.99. The lowest BCUT2D eigenvalue weighted by Crippen LogP contribution is -2.39. The van der Waals surface area contributed by atoms with Crippen LogP contribution in [0.5, 0.6) is 0 Å². The lowest BCUT2D eigenvalue weighted by molar-refractivity contribution is 0.246. The largest absolute Gasteiger partial charge is 0.335 e. The van der Waals surface area contributed by atoms with E-state index in [0.29, 0.717) is 17.4 Å². The number of nitrogens with zero attached hydrogens (tertiary/aromatic N) is 3. The lowest BCUT2D eigenvalue weighted by Gasteiger charge is -2.17. The standard InChI is InChI=1S/C14H19N5O/c1-10(2)11(3)17-14(20)18-12-5-6-13(15-9-12)19-8-4-7-16-19/h4-11H,1-3H3,(H2,17,18,20). The molecule has 2 aromatic heterocycles. The molecule has 0 saturated carbocycles. The molecule has 0 saturated heterocycles. The number of aromatic nitrogens is 3. The van der Waals surface area contributed by atoms with E-state index in [1.807, 2.05) is 19.2 Å². The number of rotatable bonds is 4. The molecule has 106 valence electrons. The first-order valence-electron chi connectivity index (χ1n) is 6.60. The summed E-state index contributed by atoms with van der Waals surface area (Å²) in [6.45, 7) is 6.10. The summed E-state index contributed by atoms with van der Waals surface area (Å²) in [6.07, 6.45) is 5.11. The van der Waals surface area contributed by atoms with Gasteiger partial charge in [-0.15, -0.1) is 0 Å². The maximum absolute atomic E-state index is 11.8. The summed E-state index contributed by atoms with van der Waals surface area (Å²) in [5, 5.41) is 9.72. The van der Waals surface area contributed by atoms with Crippen molar-refractivity contribution >= 4 is 11.7 Å². The number of hydrogen-bond acceptors (Lipinski definition) is 3. The Hall–Kier alpha value is -2.37. The van der Waals surface area contributed by atoms with Gasteiger partial charge in [-0.25, -0.2) is 14.5 Å². The summed E-state index contributed by atoms with van der Waals surface area (Å²) in [6, 6.07) is 5.32. The fraction of sp³-hybridized carbons (Fsp3) is 0.357. The molecule has 0 fully saturated rings. The first-order chi connectivity index (χ1) is 9.56. The van der Waals surface area contributed by atoms with E-state index in [-0.39, 0.29) is 12.1 Å². The van der Waals surface area contributed by atoms with Crippen LogP contribution in [-0.2, 0) is 0 Å². The zero-order chi connectivity index (χ0) is 14.5. The van der Waals surface area contributed by atoms with E-state index in [1.54, 1.807) is 29.2 Å². The zero-order valence-electron chi connectivity index (χ0n) is 11.9. The fourth-order valence-electron chi connectivity index (χ4n) is 1.54. The number of pyridine rings is 1. The Kier molecular flexibility index (Phi) is 4.34. The van der Waals surface area contributed by atoms with Crippen LogP contribution in [0.25, 0.3) is 5.82 Å². The van der Waals surface area contributed by atoms with Crippen LogP contribution < -0.4 is 10.6 Å². The molecule has 0 aliphatic rings. The Morgan fingerprint density at radius 3 is 2.65 bits per heavy atom. The highest BCUT2D eigenvalue weighted by molar-refractivity contribution is 5.89. The SMILES string of the molecule is CC(C)C(C)NC(=O)Nc1ccc(-n2cccn2)nc1. The zero-order valence-corrected chi connectivity index (χ0v) is 11.9. The molecule has 0 aliphatic heterocycles. The second-order valence-corrected chi connectivity index (χ2v) is 4.99. The minimum Gasteiger partial charge on any atom is -0.335 e. The van der Waals surface area contributed by atoms with Crippen LogP contribution in [0.15, 0.2) is 36.8 Å². The van der Waals surface area contributed by atoms with E-state index >= 15 is 0 Å². The maximum atomic E-state index is 11.8. The molecule has 0 spiro atoms. The average Bonchev–Trinajstić information content (AvgIpc) is 2.93. The molecule has 6 nitrogen and oxygen atoms in total. The molecule has 6 heteroatoms. The molecular weight excluding hydrogens is 254 g/mol. The van der Waals surface area contributed by atoms with Gasteiger partial charge in [0.25, 0.3) is 0 Å². The van der Waals surface area contributed by atoms with Crippen LogP contribution in [0.4, 0.5) is 10.5 Å². The van der Waals surface area contributed by atoms with Crippen LogP contribution >= 0.6 is 0 Å². The summed E-state index contributed by atoms with van der Waals surface area (Å²) in [5.41, 5.74) is 0.648. The second kappa shape index (κ2) is 6.18. The number of nitrogens with one attached hydrogen (secondary N) is 2. The van der Waals surface area contributed by atoms with Crippen molar-refractivity contribution < 1.29 is 4.79 Å². The predicted octanol–water partition coefficient (Wildman–Crippen LogP) is 2.43. The van der Waals surface area contributed by atoms with Gasteiger partial charge in [0, 0.05) is 18.4 Å². The van der Waals surface area contributed by atoms with Crippen LogP contribution in [-0.4, -0.2) is 26.8 Å². The van der Waals surface area contributed by atoms with Gasteiger partial charge in [-0.1, -0.05) is 13.8 Å². The van der Waals surface area contributed by atoms with Gasteiger partial charge in [0.2, 0.25) is 0 Å². The van der Waals surface area contributed by atoms with Gasteiger partial charge in [0.05, 0.1) is 11.9 Å². The molecule has 2 amide bonds. The number of carbonyl (C=O) groups is 1. The first-order valence-corrected chi connectivity index (χ1v) is 6.60.